The number of allylic oxidation sites excluding steroid dienone is 1. The topological polar surface area (TPSA) is 60.4 Å². The van der Waals surface area contributed by atoms with Crippen LogP contribution in [-0.4, -0.2) is 26.6 Å². The van der Waals surface area contributed by atoms with Crippen molar-refractivity contribution in [1.82, 2.24) is 0 Å². The van der Waals surface area contributed by atoms with Crippen LogP contribution in [0.25, 0.3) is 0 Å². The van der Waals surface area contributed by atoms with Crippen LogP contribution in [0.5, 0.6) is 0 Å². The summed E-state index contributed by atoms with van der Waals surface area (Å²) < 4.78 is 26.4. The van der Waals surface area contributed by atoms with E-state index in [4.69, 9.17) is 4.18 Å². The summed E-state index contributed by atoms with van der Waals surface area (Å²) in [6.45, 7) is 3.85. The summed E-state index contributed by atoms with van der Waals surface area (Å²) in [5.41, 5.74) is -0.191. The normalized spacial score (nSPS) is 26.5. The van der Waals surface area contributed by atoms with Crippen molar-refractivity contribution < 1.29 is 17.4 Å². The Labute approximate surface area is 84.1 Å². The first-order chi connectivity index (χ1) is 6.20. The average Bonchev–Trinajstić information content (AvgIpc) is 1.93. The van der Waals surface area contributed by atoms with Gasteiger partial charge in [0.05, 0.1) is 6.26 Å². The van der Waals surface area contributed by atoms with Gasteiger partial charge in [0.15, 0.2) is 5.78 Å². The molecular formula is C9H14O4S. The zero-order chi connectivity index (χ0) is 11.0. The monoisotopic (exact) mass is 218 g/mol. The van der Waals surface area contributed by atoms with Gasteiger partial charge in [-0.2, -0.15) is 8.42 Å². The Morgan fingerprint density at radius 2 is 2.07 bits per heavy atom. The molecule has 0 aromatic carbocycles. The Kier molecular flexibility index (Phi) is 2.83. The summed E-state index contributed by atoms with van der Waals surface area (Å²) in [5, 5.41) is 0. The highest BCUT2D eigenvalue weighted by molar-refractivity contribution is 7.86. The Balaban J connectivity index is 2.82. The van der Waals surface area contributed by atoms with Gasteiger partial charge in [0.25, 0.3) is 10.1 Å². The molecule has 4 nitrogen and oxygen atoms in total. The van der Waals surface area contributed by atoms with Crippen molar-refractivity contribution in [2.75, 3.05) is 6.26 Å². The highest BCUT2D eigenvalue weighted by atomic mass is 32.2. The molecule has 0 heterocycles. The SMILES string of the molecule is CC1(C)C=CC(=O)C(OS(C)(=O)=O)C1. The lowest BCUT2D eigenvalue weighted by Gasteiger charge is -2.28. The largest absolute Gasteiger partial charge is 0.292 e. The predicted octanol–water partition coefficient (Wildman–Crippen LogP) is 0.886. The predicted molar refractivity (Wildman–Crippen MR) is 52.3 cm³/mol. The highest BCUT2D eigenvalue weighted by Gasteiger charge is 2.32. The van der Waals surface area contributed by atoms with Gasteiger partial charge in [0.2, 0.25) is 0 Å². The van der Waals surface area contributed by atoms with Crippen molar-refractivity contribution in [1.29, 1.82) is 0 Å². The van der Waals surface area contributed by atoms with E-state index in [0.717, 1.165) is 6.26 Å². The van der Waals surface area contributed by atoms with Crippen molar-refractivity contribution in [3.05, 3.63) is 12.2 Å². The molecule has 80 valence electrons. The molecule has 1 aliphatic rings. The summed E-state index contributed by atoms with van der Waals surface area (Å²) in [5.74, 6) is -0.283. The van der Waals surface area contributed by atoms with Gasteiger partial charge in [-0.3, -0.25) is 8.98 Å². The first-order valence-corrected chi connectivity index (χ1v) is 6.13. The van der Waals surface area contributed by atoms with Crippen molar-refractivity contribution in [3.8, 4) is 0 Å². The molecule has 1 rings (SSSR count). The fraction of sp³-hybridized carbons (Fsp3) is 0.667. The number of hydrogen-bond acceptors (Lipinski definition) is 4. The molecular weight excluding hydrogens is 204 g/mol. The maximum Gasteiger partial charge on any atom is 0.265 e. The second kappa shape index (κ2) is 3.47. The molecule has 0 aliphatic heterocycles. The second-order valence-electron chi connectivity index (χ2n) is 4.22. The molecule has 1 atom stereocenters. The Hall–Kier alpha value is -0.680. The lowest BCUT2D eigenvalue weighted by Crippen LogP contribution is -2.33. The summed E-state index contributed by atoms with van der Waals surface area (Å²) in [4.78, 5) is 11.3. The zero-order valence-corrected chi connectivity index (χ0v) is 9.30. The van der Waals surface area contributed by atoms with E-state index < -0.39 is 16.2 Å². The van der Waals surface area contributed by atoms with Gasteiger partial charge in [-0.15, -0.1) is 0 Å². The molecule has 0 bridgehead atoms. The van der Waals surface area contributed by atoms with Crippen molar-refractivity contribution >= 4 is 15.9 Å². The highest BCUT2D eigenvalue weighted by Crippen LogP contribution is 2.30. The summed E-state index contributed by atoms with van der Waals surface area (Å²) in [6, 6.07) is 0. The Bertz CT molecular complexity index is 364. The number of rotatable bonds is 2. The third-order valence-corrected chi connectivity index (χ3v) is 2.60. The van der Waals surface area contributed by atoms with Crippen LogP contribution in [0.1, 0.15) is 20.3 Å². The third-order valence-electron chi connectivity index (χ3n) is 2.02. The standard InChI is InChI=1S/C9H14O4S/c1-9(2)5-4-7(10)8(6-9)13-14(3,11)12/h4-5,8H,6H2,1-3H3. The number of carbonyl (C=O) groups excluding carboxylic acids is 1. The molecule has 5 heteroatoms. The van der Waals surface area contributed by atoms with Crippen LogP contribution in [0.4, 0.5) is 0 Å². The van der Waals surface area contributed by atoms with Crippen LogP contribution in [0.15, 0.2) is 12.2 Å². The molecule has 0 N–H and O–H groups in total. The molecule has 14 heavy (non-hydrogen) atoms. The van der Waals surface area contributed by atoms with Crippen LogP contribution in [0.3, 0.4) is 0 Å². The minimum Gasteiger partial charge on any atom is -0.292 e. The van der Waals surface area contributed by atoms with E-state index in [2.05, 4.69) is 0 Å². The van der Waals surface area contributed by atoms with Gasteiger partial charge < -0.3 is 0 Å². The fourth-order valence-electron chi connectivity index (χ4n) is 1.35. The van der Waals surface area contributed by atoms with Gasteiger partial charge in [-0.1, -0.05) is 19.9 Å². The van der Waals surface area contributed by atoms with E-state index in [-0.39, 0.29) is 11.2 Å². The van der Waals surface area contributed by atoms with E-state index in [1.165, 1.54) is 6.08 Å². The minimum absolute atomic E-state index is 0.191. The van der Waals surface area contributed by atoms with Gasteiger partial charge in [-0.25, -0.2) is 0 Å². The molecule has 1 unspecified atom stereocenters. The van der Waals surface area contributed by atoms with Crippen LogP contribution in [-0.2, 0) is 19.1 Å². The molecule has 0 aromatic rings. The quantitative estimate of drug-likeness (QED) is 0.646. The van der Waals surface area contributed by atoms with Crippen molar-refractivity contribution in [2.24, 2.45) is 5.41 Å². The molecule has 0 saturated heterocycles. The fourth-order valence-corrected chi connectivity index (χ4v) is 1.94. The molecule has 0 amide bonds. The van der Waals surface area contributed by atoms with E-state index in [1.807, 2.05) is 13.8 Å². The molecule has 0 spiro atoms. The van der Waals surface area contributed by atoms with Crippen LogP contribution >= 0.6 is 0 Å². The average molecular weight is 218 g/mol. The van der Waals surface area contributed by atoms with Crippen LogP contribution in [0.2, 0.25) is 0 Å². The molecule has 0 saturated carbocycles. The lowest BCUT2D eigenvalue weighted by atomic mass is 9.81. The van der Waals surface area contributed by atoms with Crippen molar-refractivity contribution in [3.63, 3.8) is 0 Å². The minimum atomic E-state index is -3.56. The van der Waals surface area contributed by atoms with Crippen molar-refractivity contribution in [2.45, 2.75) is 26.4 Å². The maximum absolute atomic E-state index is 11.3. The molecule has 1 aliphatic carbocycles. The maximum atomic E-state index is 11.3. The van der Waals surface area contributed by atoms with E-state index in [1.54, 1.807) is 6.08 Å². The van der Waals surface area contributed by atoms with E-state index >= 15 is 0 Å². The van der Waals surface area contributed by atoms with Gasteiger partial charge in [-0.05, 0) is 17.9 Å². The first kappa shape index (κ1) is 11.4. The van der Waals surface area contributed by atoms with E-state index in [0.29, 0.717) is 6.42 Å². The summed E-state index contributed by atoms with van der Waals surface area (Å²) >= 11 is 0. The van der Waals surface area contributed by atoms with Gasteiger partial charge >= 0.3 is 0 Å². The number of ketones is 1. The Morgan fingerprint density at radius 3 is 2.57 bits per heavy atom. The third kappa shape index (κ3) is 3.23. The van der Waals surface area contributed by atoms with Gasteiger partial charge in [0, 0.05) is 0 Å². The molecule has 0 aromatic heterocycles. The summed E-state index contributed by atoms with van der Waals surface area (Å²) in [6.07, 6.45) is 3.66. The number of hydrogen-bond donors (Lipinski definition) is 0. The first-order valence-electron chi connectivity index (χ1n) is 4.31. The van der Waals surface area contributed by atoms with Crippen LogP contribution in [0, 0.1) is 5.41 Å². The Morgan fingerprint density at radius 1 is 1.50 bits per heavy atom. The zero-order valence-electron chi connectivity index (χ0n) is 8.48. The molecule has 0 radical (unpaired) electrons. The molecule has 0 fully saturated rings. The van der Waals surface area contributed by atoms with E-state index in [9.17, 15) is 13.2 Å². The van der Waals surface area contributed by atoms with Crippen LogP contribution < -0.4 is 0 Å². The lowest BCUT2D eigenvalue weighted by molar-refractivity contribution is -0.122. The number of carbonyl (C=O) groups is 1. The van der Waals surface area contributed by atoms with Gasteiger partial charge in [0.1, 0.15) is 6.10 Å². The second-order valence-corrected chi connectivity index (χ2v) is 5.82. The summed E-state index contributed by atoms with van der Waals surface area (Å²) in [7, 11) is -3.56. The smallest absolute Gasteiger partial charge is 0.265 e.